The third kappa shape index (κ3) is 6.20. The third-order valence-corrected chi connectivity index (χ3v) is 4.68. The molecule has 2 aromatic rings. The zero-order valence-corrected chi connectivity index (χ0v) is 17.2. The number of rotatable bonds is 8. The highest BCUT2D eigenvalue weighted by atomic mass is 35.5. The fourth-order valence-corrected chi connectivity index (χ4v) is 2.74. The summed E-state index contributed by atoms with van der Waals surface area (Å²) in [6, 6.07) is 10.7. The Balaban J connectivity index is 1.94. The Kier molecular flexibility index (Phi) is 7.58. The summed E-state index contributed by atoms with van der Waals surface area (Å²) in [4.78, 5) is 36.6. The second kappa shape index (κ2) is 9.90. The molecule has 3 amide bonds. The quantitative estimate of drug-likeness (QED) is 0.509. The van der Waals surface area contributed by atoms with Gasteiger partial charge >= 0.3 is 0 Å². The van der Waals surface area contributed by atoms with Gasteiger partial charge in [-0.25, -0.2) is 0 Å². The Morgan fingerprint density at radius 2 is 1.79 bits per heavy atom. The summed E-state index contributed by atoms with van der Waals surface area (Å²) in [5, 5.41) is 5.97. The van der Waals surface area contributed by atoms with Crippen molar-refractivity contribution in [2.75, 3.05) is 31.3 Å². The maximum atomic E-state index is 12.5. The molecule has 0 heterocycles. The summed E-state index contributed by atoms with van der Waals surface area (Å²) in [5.41, 5.74) is 6.55. The van der Waals surface area contributed by atoms with Gasteiger partial charge in [-0.3, -0.25) is 14.4 Å². The number of likely N-dealkylation sites (N-methyl/N-ethyl adjacent to an activating group) is 1. The fourth-order valence-electron chi connectivity index (χ4n) is 2.57. The van der Waals surface area contributed by atoms with Crippen LogP contribution in [0.15, 0.2) is 42.5 Å². The van der Waals surface area contributed by atoms with Crippen LogP contribution in [0.2, 0.25) is 5.02 Å². The van der Waals surface area contributed by atoms with E-state index < -0.39 is 11.9 Å². The molecule has 0 spiro atoms. The molecule has 2 aromatic carbocycles. The number of benzene rings is 2. The normalized spacial score (nSPS) is 12.6. The van der Waals surface area contributed by atoms with Gasteiger partial charge in [0.15, 0.2) is 12.6 Å². The molecule has 0 saturated carbocycles. The summed E-state index contributed by atoms with van der Waals surface area (Å²) in [5.74, 6) is -0.593. The SMILES string of the molecule is COc1ccc(Cl)cc1NC(=O)C[NH+](C)[C@H](C)C(=O)Nc1ccc(C(N)=O)cc1. The highest BCUT2D eigenvalue weighted by Gasteiger charge is 2.24. The van der Waals surface area contributed by atoms with Crippen LogP contribution in [0.4, 0.5) is 11.4 Å². The predicted molar refractivity (Wildman–Crippen MR) is 111 cm³/mol. The molecule has 0 aliphatic heterocycles. The Morgan fingerprint density at radius 1 is 1.14 bits per heavy atom. The number of hydrogen-bond donors (Lipinski definition) is 4. The van der Waals surface area contributed by atoms with Crippen molar-refractivity contribution >= 4 is 40.7 Å². The van der Waals surface area contributed by atoms with Gasteiger partial charge in [-0.15, -0.1) is 0 Å². The van der Waals surface area contributed by atoms with Gasteiger partial charge in [0.25, 0.3) is 11.8 Å². The van der Waals surface area contributed by atoms with E-state index in [1.165, 1.54) is 19.2 Å². The second-order valence-corrected chi connectivity index (χ2v) is 7.00. The van der Waals surface area contributed by atoms with E-state index in [-0.39, 0.29) is 18.4 Å². The highest BCUT2D eigenvalue weighted by Crippen LogP contribution is 2.27. The summed E-state index contributed by atoms with van der Waals surface area (Å²) in [6.45, 7) is 1.78. The van der Waals surface area contributed by atoms with Crippen LogP contribution in [0.1, 0.15) is 17.3 Å². The van der Waals surface area contributed by atoms with Gasteiger partial charge in [-0.2, -0.15) is 0 Å². The third-order valence-electron chi connectivity index (χ3n) is 4.44. The first kappa shape index (κ1) is 22.2. The van der Waals surface area contributed by atoms with Crippen LogP contribution in [-0.2, 0) is 9.59 Å². The summed E-state index contributed by atoms with van der Waals surface area (Å²) >= 11 is 5.97. The molecule has 0 radical (unpaired) electrons. The van der Waals surface area contributed by atoms with Gasteiger partial charge < -0.3 is 26.0 Å². The fraction of sp³-hybridized carbons (Fsp3) is 0.250. The standard InChI is InChI=1S/C20H23ClN4O4/c1-12(20(28)23-15-7-4-13(5-8-15)19(22)27)25(2)11-18(26)24-16-10-14(21)6-9-17(16)29-3/h4-10,12H,11H2,1-3H3,(H2,22,27)(H,23,28)(H,24,26)/p+1/t12-/m1/s1. The molecule has 0 bridgehead atoms. The topological polar surface area (TPSA) is 115 Å². The molecule has 2 atom stereocenters. The largest absolute Gasteiger partial charge is 0.495 e. The molecule has 5 N–H and O–H groups in total. The highest BCUT2D eigenvalue weighted by molar-refractivity contribution is 6.31. The first-order chi connectivity index (χ1) is 13.7. The lowest BCUT2D eigenvalue weighted by Crippen LogP contribution is -3.14. The maximum Gasteiger partial charge on any atom is 0.282 e. The van der Waals surface area contributed by atoms with E-state index in [1.807, 2.05) is 0 Å². The molecule has 29 heavy (non-hydrogen) atoms. The Bertz CT molecular complexity index is 902. The molecular formula is C20H24ClN4O4+. The van der Waals surface area contributed by atoms with E-state index in [9.17, 15) is 14.4 Å². The van der Waals surface area contributed by atoms with E-state index in [2.05, 4.69) is 10.6 Å². The summed E-state index contributed by atoms with van der Waals surface area (Å²) in [6.07, 6.45) is 0. The van der Waals surface area contributed by atoms with E-state index in [0.717, 1.165) is 0 Å². The molecule has 0 aliphatic rings. The van der Waals surface area contributed by atoms with E-state index in [0.29, 0.717) is 32.6 Å². The first-order valence-electron chi connectivity index (χ1n) is 8.87. The van der Waals surface area contributed by atoms with Crippen LogP contribution in [0.3, 0.4) is 0 Å². The molecule has 0 aliphatic carbocycles. The van der Waals surface area contributed by atoms with Gasteiger partial charge in [0.05, 0.1) is 19.8 Å². The number of quaternary nitrogens is 1. The second-order valence-electron chi connectivity index (χ2n) is 6.57. The van der Waals surface area contributed by atoms with Crippen molar-refractivity contribution in [3.8, 4) is 5.75 Å². The van der Waals surface area contributed by atoms with Crippen molar-refractivity contribution in [3.05, 3.63) is 53.1 Å². The monoisotopic (exact) mass is 419 g/mol. The van der Waals surface area contributed by atoms with Crippen molar-refractivity contribution in [2.45, 2.75) is 13.0 Å². The lowest BCUT2D eigenvalue weighted by atomic mass is 10.2. The van der Waals surface area contributed by atoms with E-state index in [4.69, 9.17) is 22.1 Å². The number of halogens is 1. The number of nitrogens with two attached hydrogens (primary N) is 1. The first-order valence-corrected chi connectivity index (χ1v) is 9.25. The molecule has 0 saturated heterocycles. The Labute approximate surface area is 174 Å². The smallest absolute Gasteiger partial charge is 0.282 e. The zero-order chi connectivity index (χ0) is 21.6. The van der Waals surface area contributed by atoms with Crippen molar-refractivity contribution in [2.24, 2.45) is 5.73 Å². The Hall–Kier alpha value is -3.10. The molecular weight excluding hydrogens is 396 g/mol. The van der Waals surface area contributed by atoms with Gasteiger partial charge in [0.1, 0.15) is 5.75 Å². The van der Waals surface area contributed by atoms with Gasteiger partial charge in [0, 0.05) is 16.3 Å². The average Bonchev–Trinajstić information content (AvgIpc) is 2.67. The number of carbonyl (C=O) groups excluding carboxylic acids is 3. The maximum absolute atomic E-state index is 12.5. The number of nitrogens with one attached hydrogen (secondary N) is 3. The van der Waals surface area contributed by atoms with Crippen LogP contribution in [0.25, 0.3) is 0 Å². The number of amides is 3. The number of carbonyl (C=O) groups is 3. The minimum Gasteiger partial charge on any atom is -0.495 e. The van der Waals surface area contributed by atoms with Crippen LogP contribution >= 0.6 is 11.6 Å². The molecule has 8 nitrogen and oxygen atoms in total. The van der Waals surface area contributed by atoms with E-state index >= 15 is 0 Å². The molecule has 0 aromatic heterocycles. The van der Waals surface area contributed by atoms with Crippen molar-refractivity contribution in [1.82, 2.24) is 0 Å². The van der Waals surface area contributed by atoms with Crippen molar-refractivity contribution in [3.63, 3.8) is 0 Å². The number of hydrogen-bond acceptors (Lipinski definition) is 4. The van der Waals surface area contributed by atoms with Gasteiger partial charge in [-0.1, -0.05) is 11.6 Å². The lowest BCUT2D eigenvalue weighted by molar-refractivity contribution is -0.885. The summed E-state index contributed by atoms with van der Waals surface area (Å²) < 4.78 is 5.21. The predicted octanol–water partition coefficient (Wildman–Crippen LogP) is 0.928. The number of ether oxygens (including phenoxy) is 1. The van der Waals surface area contributed by atoms with Crippen LogP contribution in [-0.4, -0.2) is 44.5 Å². The van der Waals surface area contributed by atoms with Crippen molar-refractivity contribution in [1.29, 1.82) is 0 Å². The zero-order valence-electron chi connectivity index (χ0n) is 16.4. The van der Waals surface area contributed by atoms with Gasteiger partial charge in [0.2, 0.25) is 5.91 Å². The Morgan fingerprint density at radius 3 is 2.38 bits per heavy atom. The van der Waals surface area contributed by atoms with Crippen LogP contribution in [0.5, 0.6) is 5.75 Å². The number of primary amides is 1. The molecule has 0 fully saturated rings. The number of anilines is 2. The molecule has 2 rings (SSSR count). The van der Waals surface area contributed by atoms with Gasteiger partial charge in [-0.05, 0) is 49.4 Å². The minimum absolute atomic E-state index is 0.0604. The molecule has 1 unspecified atom stereocenters. The van der Waals surface area contributed by atoms with Crippen LogP contribution in [0, 0.1) is 0 Å². The van der Waals surface area contributed by atoms with Crippen molar-refractivity contribution < 1.29 is 24.0 Å². The molecule has 154 valence electrons. The van der Waals surface area contributed by atoms with Crippen LogP contribution < -0.4 is 26.0 Å². The summed E-state index contributed by atoms with van der Waals surface area (Å²) in [7, 11) is 3.24. The number of methoxy groups -OCH3 is 1. The minimum atomic E-state index is -0.539. The average molecular weight is 420 g/mol. The van der Waals surface area contributed by atoms with E-state index in [1.54, 1.807) is 44.3 Å². The molecule has 9 heteroatoms. The lowest BCUT2D eigenvalue weighted by Gasteiger charge is -2.21.